The van der Waals surface area contributed by atoms with Gasteiger partial charge in [-0.2, -0.15) is 0 Å². The van der Waals surface area contributed by atoms with Gasteiger partial charge in [-0.3, -0.25) is 10.1 Å². The van der Waals surface area contributed by atoms with Gasteiger partial charge in [-0.05, 0) is 18.2 Å². The predicted molar refractivity (Wildman–Crippen MR) is 106 cm³/mol. The summed E-state index contributed by atoms with van der Waals surface area (Å²) in [6, 6.07) is 11.9. The number of hydrogen-bond donors (Lipinski definition) is 2. The maximum atomic E-state index is 11.0. The van der Waals surface area contributed by atoms with E-state index >= 15 is 0 Å². The third-order valence-corrected chi connectivity index (χ3v) is 5.07. The number of benzene rings is 2. The number of thiazole rings is 1. The van der Waals surface area contributed by atoms with E-state index in [-0.39, 0.29) is 17.3 Å². The third kappa shape index (κ3) is 3.44. The van der Waals surface area contributed by atoms with Crippen LogP contribution in [0.5, 0.6) is 5.88 Å². The van der Waals surface area contributed by atoms with Crippen LogP contribution >= 0.6 is 27.3 Å². The summed E-state index contributed by atoms with van der Waals surface area (Å²) in [5, 5.41) is 31.8. The number of aromatic amines is 1. The lowest BCUT2D eigenvalue weighted by Crippen LogP contribution is -1.86. The molecule has 2 heterocycles. The molecule has 0 saturated heterocycles. The van der Waals surface area contributed by atoms with Gasteiger partial charge < -0.3 is 10.1 Å². The van der Waals surface area contributed by atoms with Crippen LogP contribution in [0.1, 0.15) is 0 Å². The first kappa shape index (κ1) is 17.3. The molecule has 10 heteroatoms. The monoisotopic (exact) mass is 443 g/mol. The summed E-state index contributed by atoms with van der Waals surface area (Å²) in [6.45, 7) is 0. The summed E-state index contributed by atoms with van der Waals surface area (Å²) in [4.78, 5) is 17.6. The van der Waals surface area contributed by atoms with Crippen LogP contribution in [0, 0.1) is 10.1 Å². The topological polar surface area (TPSA) is 117 Å². The lowest BCUT2D eigenvalue weighted by molar-refractivity contribution is -0.384. The van der Waals surface area contributed by atoms with Gasteiger partial charge in [0.15, 0.2) is 5.69 Å². The van der Waals surface area contributed by atoms with Crippen molar-refractivity contribution in [3.63, 3.8) is 0 Å². The van der Waals surface area contributed by atoms with Gasteiger partial charge in [0.05, 0.1) is 16.1 Å². The minimum absolute atomic E-state index is 0.0928. The van der Waals surface area contributed by atoms with Crippen molar-refractivity contribution in [3.8, 4) is 17.1 Å². The number of hydrogen-bond acceptors (Lipinski definition) is 7. The van der Waals surface area contributed by atoms with Crippen molar-refractivity contribution in [2.24, 2.45) is 10.2 Å². The van der Waals surface area contributed by atoms with Gasteiger partial charge in [-0.15, -0.1) is 21.6 Å². The highest BCUT2D eigenvalue weighted by atomic mass is 79.9. The average molecular weight is 444 g/mol. The van der Waals surface area contributed by atoms with Crippen LogP contribution in [-0.2, 0) is 0 Å². The molecule has 2 aromatic heterocycles. The lowest BCUT2D eigenvalue weighted by atomic mass is 10.2. The zero-order valence-electron chi connectivity index (χ0n) is 13.5. The lowest BCUT2D eigenvalue weighted by Gasteiger charge is -1.95. The fourth-order valence-electron chi connectivity index (χ4n) is 2.52. The fourth-order valence-corrected chi connectivity index (χ4v) is 3.43. The first-order chi connectivity index (χ1) is 13.0. The highest BCUT2D eigenvalue weighted by Crippen LogP contribution is 2.38. The van der Waals surface area contributed by atoms with Gasteiger partial charge in [0.1, 0.15) is 0 Å². The Hall–Kier alpha value is -3.11. The van der Waals surface area contributed by atoms with Crippen LogP contribution < -0.4 is 0 Å². The normalized spacial score (nSPS) is 11.4. The van der Waals surface area contributed by atoms with Gasteiger partial charge in [-0.1, -0.05) is 28.1 Å². The number of azo groups is 1. The van der Waals surface area contributed by atoms with Gasteiger partial charge in [0.25, 0.3) is 5.69 Å². The maximum absolute atomic E-state index is 11.0. The number of halogens is 1. The zero-order valence-corrected chi connectivity index (χ0v) is 15.9. The minimum atomic E-state index is -0.504. The maximum Gasteiger partial charge on any atom is 0.270 e. The molecule has 0 fully saturated rings. The van der Waals surface area contributed by atoms with Crippen molar-refractivity contribution >= 4 is 54.7 Å². The Balaban J connectivity index is 1.67. The van der Waals surface area contributed by atoms with Crippen molar-refractivity contribution in [3.05, 3.63) is 62.4 Å². The predicted octanol–water partition coefficient (Wildman–Crippen LogP) is 6.08. The van der Waals surface area contributed by atoms with Crippen molar-refractivity contribution in [1.29, 1.82) is 0 Å². The number of fused-ring (bicyclic) bond motifs is 1. The molecule has 4 aromatic rings. The number of nitrogens with one attached hydrogen (secondary N) is 1. The van der Waals surface area contributed by atoms with Crippen molar-refractivity contribution in [1.82, 2.24) is 9.97 Å². The smallest absolute Gasteiger partial charge is 0.270 e. The first-order valence-corrected chi connectivity index (χ1v) is 9.31. The molecule has 0 amide bonds. The van der Waals surface area contributed by atoms with E-state index in [0.29, 0.717) is 16.0 Å². The quantitative estimate of drug-likeness (QED) is 0.225. The highest BCUT2D eigenvalue weighted by Gasteiger charge is 2.15. The molecule has 0 bridgehead atoms. The molecule has 2 N–H and O–H groups in total. The van der Waals surface area contributed by atoms with Crippen molar-refractivity contribution in [2.75, 3.05) is 0 Å². The Morgan fingerprint density at radius 3 is 2.70 bits per heavy atom. The van der Waals surface area contributed by atoms with E-state index < -0.39 is 4.92 Å². The van der Waals surface area contributed by atoms with E-state index in [0.717, 1.165) is 15.7 Å². The second-order valence-electron chi connectivity index (χ2n) is 5.53. The Morgan fingerprint density at radius 2 is 1.96 bits per heavy atom. The number of non-ortho nitro benzene ring substituents is 1. The summed E-state index contributed by atoms with van der Waals surface area (Å²) in [7, 11) is 0. The molecule has 0 radical (unpaired) electrons. The van der Waals surface area contributed by atoms with Gasteiger partial charge >= 0.3 is 0 Å². The minimum Gasteiger partial charge on any atom is -0.493 e. The summed E-state index contributed by atoms with van der Waals surface area (Å²) >= 11 is 4.70. The Labute approximate surface area is 164 Å². The van der Waals surface area contributed by atoms with Crippen LogP contribution in [0.15, 0.2) is 62.5 Å². The molecule has 134 valence electrons. The van der Waals surface area contributed by atoms with Crippen LogP contribution in [-0.4, -0.2) is 20.0 Å². The van der Waals surface area contributed by atoms with Crippen LogP contribution in [0.4, 0.5) is 16.5 Å². The number of aromatic nitrogens is 2. The Kier molecular flexibility index (Phi) is 4.42. The van der Waals surface area contributed by atoms with Crippen molar-refractivity contribution in [2.45, 2.75) is 0 Å². The number of nitrogens with zero attached hydrogens (tertiary/aromatic N) is 4. The van der Waals surface area contributed by atoms with E-state index in [4.69, 9.17) is 0 Å². The third-order valence-electron chi connectivity index (χ3n) is 3.81. The Morgan fingerprint density at radius 1 is 1.19 bits per heavy atom. The molecule has 0 saturated carbocycles. The van der Waals surface area contributed by atoms with Crippen LogP contribution in [0.3, 0.4) is 0 Å². The summed E-state index contributed by atoms with van der Waals surface area (Å²) in [6.07, 6.45) is 0. The molecule has 0 aliphatic rings. The standard InChI is InChI=1S/C17H10BrN5O3S/c18-10-3-1-9(2-4-10)14-8-27-17(20-14)22-21-15-12-7-11(23(25)26)5-6-13(12)19-16(15)24/h1-8,19,24H. The van der Waals surface area contributed by atoms with Gasteiger partial charge in [-0.25, -0.2) is 4.98 Å². The van der Waals surface area contributed by atoms with E-state index in [1.54, 1.807) is 0 Å². The molecule has 8 nitrogen and oxygen atoms in total. The SMILES string of the molecule is O=[N+]([O-])c1ccc2[nH]c(O)c(N=Nc3nc(-c4ccc(Br)cc4)cs3)c2c1. The largest absolute Gasteiger partial charge is 0.493 e. The zero-order chi connectivity index (χ0) is 19.0. The molecule has 0 aliphatic carbocycles. The highest BCUT2D eigenvalue weighted by molar-refractivity contribution is 9.10. The summed E-state index contributed by atoms with van der Waals surface area (Å²) < 4.78 is 0.977. The van der Waals surface area contributed by atoms with E-state index in [2.05, 4.69) is 36.1 Å². The molecular formula is C17H10BrN5O3S. The van der Waals surface area contributed by atoms with Gasteiger partial charge in [0, 0.05) is 32.9 Å². The van der Waals surface area contributed by atoms with E-state index in [9.17, 15) is 15.2 Å². The number of nitro benzene ring substituents is 1. The first-order valence-electron chi connectivity index (χ1n) is 7.63. The molecule has 2 aromatic carbocycles. The molecule has 0 spiro atoms. The molecule has 0 atom stereocenters. The molecule has 27 heavy (non-hydrogen) atoms. The number of aromatic hydroxyl groups is 1. The summed E-state index contributed by atoms with van der Waals surface area (Å²) in [5.41, 5.74) is 2.28. The van der Waals surface area contributed by atoms with Gasteiger partial charge in [0.2, 0.25) is 11.0 Å². The Bertz CT molecular complexity index is 1180. The van der Waals surface area contributed by atoms with E-state index in [1.165, 1.54) is 29.5 Å². The molecule has 0 aliphatic heterocycles. The van der Waals surface area contributed by atoms with Crippen LogP contribution in [0.25, 0.3) is 22.2 Å². The molecular weight excluding hydrogens is 434 g/mol. The van der Waals surface area contributed by atoms with Crippen molar-refractivity contribution < 1.29 is 10.0 Å². The number of H-pyrrole nitrogens is 1. The fraction of sp³-hybridized carbons (Fsp3) is 0. The second-order valence-corrected chi connectivity index (χ2v) is 7.28. The molecule has 4 rings (SSSR count). The average Bonchev–Trinajstić information content (AvgIpc) is 3.24. The van der Waals surface area contributed by atoms with Crippen LogP contribution in [0.2, 0.25) is 0 Å². The number of nitro groups is 1. The van der Waals surface area contributed by atoms with E-state index in [1.807, 2.05) is 29.6 Å². The second kappa shape index (κ2) is 6.89. The number of rotatable bonds is 4. The molecule has 0 unspecified atom stereocenters. The summed E-state index contributed by atoms with van der Waals surface area (Å²) in [5.74, 6) is -0.209.